The Balaban J connectivity index is 1.27. The second-order valence-electron chi connectivity index (χ2n) is 10.7. The molecule has 1 saturated heterocycles. The van der Waals surface area contributed by atoms with Crippen LogP contribution in [-0.4, -0.2) is 55.0 Å². The number of hydrogen-bond acceptors (Lipinski definition) is 5. The van der Waals surface area contributed by atoms with Gasteiger partial charge < -0.3 is 26.6 Å². The summed E-state index contributed by atoms with van der Waals surface area (Å²) in [6, 6.07) is 23.0. The number of para-hydroxylation sites is 1. The Morgan fingerprint density at radius 3 is 2.42 bits per heavy atom. The number of nitrogens with one attached hydrogen (secondary N) is 3. The molecule has 5 N–H and O–H groups in total. The van der Waals surface area contributed by atoms with E-state index in [0.29, 0.717) is 50.0 Å². The van der Waals surface area contributed by atoms with Crippen molar-refractivity contribution in [1.82, 2.24) is 15.5 Å². The highest BCUT2D eigenvalue weighted by Crippen LogP contribution is 2.33. The zero-order chi connectivity index (χ0) is 27.9. The van der Waals surface area contributed by atoms with Crippen LogP contribution in [0, 0.1) is 0 Å². The number of carbonyl (C=O) groups excluding carboxylic acids is 2. The normalized spacial score (nSPS) is 18.1. The molecule has 7 nitrogen and oxygen atoms in total. The maximum atomic E-state index is 13.9. The van der Waals surface area contributed by atoms with Gasteiger partial charge in [-0.1, -0.05) is 66.2 Å². The van der Waals surface area contributed by atoms with E-state index in [4.69, 9.17) is 17.3 Å². The van der Waals surface area contributed by atoms with Gasteiger partial charge in [-0.3, -0.25) is 9.59 Å². The molecule has 0 aromatic heterocycles. The van der Waals surface area contributed by atoms with Gasteiger partial charge in [0.2, 0.25) is 11.8 Å². The van der Waals surface area contributed by atoms with Crippen LogP contribution in [0.15, 0.2) is 72.8 Å². The monoisotopic (exact) mass is 559 g/mol. The minimum absolute atomic E-state index is 0.0347. The first-order valence-electron chi connectivity index (χ1n) is 14.2. The molecule has 210 valence electrons. The lowest BCUT2D eigenvalue weighted by molar-refractivity contribution is -0.137. The summed E-state index contributed by atoms with van der Waals surface area (Å²) in [7, 11) is 0. The number of hydrogen-bond donors (Lipinski definition) is 4. The fourth-order valence-corrected chi connectivity index (χ4v) is 5.95. The fourth-order valence-electron chi connectivity index (χ4n) is 5.82. The molecule has 8 heteroatoms. The summed E-state index contributed by atoms with van der Waals surface area (Å²) in [5.41, 5.74) is 11.4. The maximum Gasteiger partial charge on any atom is 0.245 e. The smallest absolute Gasteiger partial charge is 0.245 e. The highest BCUT2D eigenvalue weighted by Gasteiger charge is 2.33. The molecule has 0 aliphatic carbocycles. The van der Waals surface area contributed by atoms with Gasteiger partial charge >= 0.3 is 0 Å². The molecule has 2 heterocycles. The Morgan fingerprint density at radius 2 is 1.68 bits per heavy atom. The zero-order valence-corrected chi connectivity index (χ0v) is 23.5. The first kappa shape index (κ1) is 28.1. The molecule has 0 bridgehead atoms. The zero-order valence-electron chi connectivity index (χ0n) is 22.7. The van der Waals surface area contributed by atoms with Crippen molar-refractivity contribution in [2.45, 2.75) is 50.2 Å². The number of carbonyl (C=O) groups is 2. The Morgan fingerprint density at radius 1 is 0.975 bits per heavy atom. The van der Waals surface area contributed by atoms with Gasteiger partial charge in [-0.15, -0.1) is 0 Å². The molecule has 3 aromatic rings. The molecule has 3 aromatic carbocycles. The Bertz CT molecular complexity index is 1310. The van der Waals surface area contributed by atoms with Crippen molar-refractivity contribution in [3.05, 3.63) is 100 Å². The second kappa shape index (κ2) is 13.3. The van der Waals surface area contributed by atoms with Crippen LogP contribution in [-0.2, 0) is 29.0 Å². The standard InChI is InChI=1S/C32H38ClN5O2/c33-26-11-9-22(10-12-26)19-30(37-31(39)29-20-24-5-1-2-6-25(24)21-36-29)32(40)38-17-13-23(14-18-38)27-7-3-4-8-28(27)35-16-15-34/h1-12,23,29-30,35-36H,13-21,34H2,(H,37,39). The summed E-state index contributed by atoms with van der Waals surface area (Å²) in [6.07, 6.45) is 2.76. The molecule has 0 spiro atoms. The number of benzene rings is 3. The van der Waals surface area contributed by atoms with Crippen LogP contribution in [0.5, 0.6) is 0 Å². The number of anilines is 1. The summed E-state index contributed by atoms with van der Waals surface area (Å²) < 4.78 is 0. The lowest BCUT2D eigenvalue weighted by atomic mass is 9.88. The van der Waals surface area contributed by atoms with Gasteiger partial charge in [0.25, 0.3) is 0 Å². The topological polar surface area (TPSA) is 99.5 Å². The molecule has 40 heavy (non-hydrogen) atoms. The molecule has 2 aliphatic rings. The number of nitrogens with two attached hydrogens (primary N) is 1. The lowest BCUT2D eigenvalue weighted by Crippen LogP contribution is -2.56. The van der Waals surface area contributed by atoms with E-state index in [9.17, 15) is 9.59 Å². The van der Waals surface area contributed by atoms with E-state index >= 15 is 0 Å². The van der Waals surface area contributed by atoms with Crippen molar-refractivity contribution in [2.24, 2.45) is 5.73 Å². The van der Waals surface area contributed by atoms with Crippen molar-refractivity contribution in [3.8, 4) is 0 Å². The summed E-state index contributed by atoms with van der Waals surface area (Å²) in [6.45, 7) is 3.24. The predicted molar refractivity (Wildman–Crippen MR) is 160 cm³/mol. The van der Waals surface area contributed by atoms with Crippen molar-refractivity contribution in [3.63, 3.8) is 0 Å². The van der Waals surface area contributed by atoms with Gasteiger partial charge in [0.05, 0.1) is 6.04 Å². The summed E-state index contributed by atoms with van der Waals surface area (Å²) in [5.74, 6) is 0.186. The minimum atomic E-state index is -0.650. The minimum Gasteiger partial charge on any atom is -0.384 e. The fraction of sp³-hybridized carbons (Fsp3) is 0.375. The summed E-state index contributed by atoms with van der Waals surface area (Å²) in [5, 5.41) is 10.5. The molecule has 0 saturated carbocycles. The van der Waals surface area contributed by atoms with Crippen molar-refractivity contribution in [2.75, 3.05) is 31.5 Å². The number of halogens is 1. The summed E-state index contributed by atoms with van der Waals surface area (Å²) in [4.78, 5) is 29.2. The van der Waals surface area contributed by atoms with Crippen LogP contribution in [0.3, 0.4) is 0 Å². The quantitative estimate of drug-likeness (QED) is 0.319. The van der Waals surface area contributed by atoms with Gasteiger partial charge in [-0.2, -0.15) is 0 Å². The van der Waals surface area contributed by atoms with Crippen LogP contribution >= 0.6 is 11.6 Å². The first-order valence-corrected chi connectivity index (χ1v) is 14.6. The Hall–Kier alpha value is -3.39. The predicted octanol–water partition coefficient (Wildman–Crippen LogP) is 3.86. The van der Waals surface area contributed by atoms with Gasteiger partial charge in [0.15, 0.2) is 0 Å². The van der Waals surface area contributed by atoms with Gasteiger partial charge in [0, 0.05) is 49.9 Å². The molecular weight excluding hydrogens is 522 g/mol. The lowest BCUT2D eigenvalue weighted by Gasteiger charge is -2.36. The van der Waals surface area contributed by atoms with Gasteiger partial charge in [-0.25, -0.2) is 0 Å². The number of fused-ring (bicyclic) bond motifs is 1. The first-order chi connectivity index (χ1) is 19.5. The van der Waals surface area contributed by atoms with E-state index in [2.05, 4.69) is 46.3 Å². The van der Waals surface area contributed by atoms with E-state index in [-0.39, 0.29) is 17.9 Å². The third-order valence-electron chi connectivity index (χ3n) is 8.03. The van der Waals surface area contributed by atoms with Crippen LogP contribution in [0.2, 0.25) is 5.02 Å². The molecule has 5 rings (SSSR count). The highest BCUT2D eigenvalue weighted by atomic mass is 35.5. The van der Waals surface area contributed by atoms with Crippen molar-refractivity contribution < 1.29 is 9.59 Å². The van der Waals surface area contributed by atoms with Gasteiger partial charge in [-0.05, 0) is 65.6 Å². The van der Waals surface area contributed by atoms with Crippen molar-refractivity contribution >= 4 is 29.1 Å². The number of likely N-dealkylation sites (tertiary alicyclic amines) is 1. The van der Waals surface area contributed by atoms with E-state index in [0.717, 1.165) is 30.6 Å². The van der Waals surface area contributed by atoms with E-state index < -0.39 is 6.04 Å². The molecule has 2 aliphatic heterocycles. The number of rotatable bonds is 9. The number of piperidine rings is 1. The van der Waals surface area contributed by atoms with Crippen LogP contribution in [0.4, 0.5) is 5.69 Å². The second-order valence-corrected chi connectivity index (χ2v) is 11.1. The molecular formula is C32H38ClN5O2. The van der Waals surface area contributed by atoms with Crippen LogP contribution in [0.1, 0.15) is 41.0 Å². The molecule has 2 amide bonds. The van der Waals surface area contributed by atoms with E-state index in [1.807, 2.05) is 47.4 Å². The largest absolute Gasteiger partial charge is 0.384 e. The summed E-state index contributed by atoms with van der Waals surface area (Å²) >= 11 is 6.10. The molecule has 2 atom stereocenters. The van der Waals surface area contributed by atoms with E-state index in [1.165, 1.54) is 16.7 Å². The SMILES string of the molecule is NCCNc1ccccc1C1CCN(C(=O)C(Cc2ccc(Cl)cc2)NC(=O)C2Cc3ccccc3CN2)CC1. The van der Waals surface area contributed by atoms with Crippen molar-refractivity contribution in [1.29, 1.82) is 0 Å². The Kier molecular flexibility index (Phi) is 9.37. The molecule has 0 radical (unpaired) electrons. The average Bonchev–Trinajstić information content (AvgIpc) is 3.00. The Labute approximate surface area is 241 Å². The van der Waals surface area contributed by atoms with Gasteiger partial charge in [0.1, 0.15) is 6.04 Å². The number of amides is 2. The number of nitrogens with zero attached hydrogens (tertiary/aromatic N) is 1. The van der Waals surface area contributed by atoms with Crippen LogP contribution in [0.25, 0.3) is 0 Å². The average molecular weight is 560 g/mol. The van der Waals surface area contributed by atoms with E-state index in [1.54, 1.807) is 0 Å². The third kappa shape index (κ3) is 6.84. The molecule has 1 fully saturated rings. The highest BCUT2D eigenvalue weighted by molar-refractivity contribution is 6.30. The van der Waals surface area contributed by atoms with Crippen LogP contribution < -0.4 is 21.7 Å². The third-order valence-corrected chi connectivity index (χ3v) is 8.28. The molecule has 2 unspecified atom stereocenters. The maximum absolute atomic E-state index is 13.9.